The molecule has 0 aliphatic carbocycles. The average Bonchev–Trinajstić information content (AvgIpc) is 2.27. The van der Waals surface area contributed by atoms with Gasteiger partial charge in [0, 0.05) is 0 Å². The van der Waals surface area contributed by atoms with E-state index in [0.29, 0.717) is 0 Å². The lowest BCUT2D eigenvalue weighted by Gasteiger charge is -2.18. The van der Waals surface area contributed by atoms with Crippen molar-refractivity contribution in [3.05, 3.63) is 34.9 Å². The maximum Gasteiger partial charge on any atom is -0.00172 e. The molecule has 0 radical (unpaired) electrons. The Bertz CT molecular complexity index is 348. The number of hydrogen-bond donors (Lipinski definition) is 1. The van der Waals surface area contributed by atoms with E-state index in [1.165, 1.54) is 36.0 Å². The Labute approximate surface area is 119 Å². The van der Waals surface area contributed by atoms with E-state index in [0.717, 1.165) is 24.9 Å². The lowest BCUT2D eigenvalue weighted by molar-refractivity contribution is 0.421. The van der Waals surface area contributed by atoms with Crippen molar-refractivity contribution in [1.29, 1.82) is 0 Å². The number of hydrogen-bond acceptors (Lipinski definition) is 1. The third-order valence-corrected chi connectivity index (χ3v) is 3.49. The lowest BCUT2D eigenvalue weighted by atomic mass is 9.93. The van der Waals surface area contributed by atoms with Gasteiger partial charge in [0.25, 0.3) is 0 Å². The molecule has 1 aromatic carbocycles. The zero-order valence-electron chi connectivity index (χ0n) is 13.4. The molecule has 108 valence electrons. The van der Waals surface area contributed by atoms with Gasteiger partial charge in [-0.05, 0) is 57.2 Å². The molecule has 0 fully saturated rings. The van der Waals surface area contributed by atoms with Gasteiger partial charge in [-0.1, -0.05) is 56.5 Å². The van der Waals surface area contributed by atoms with Crippen LogP contribution in [0.25, 0.3) is 0 Å². The first kappa shape index (κ1) is 16.2. The van der Waals surface area contributed by atoms with Gasteiger partial charge in [0.15, 0.2) is 0 Å². The van der Waals surface area contributed by atoms with E-state index in [4.69, 9.17) is 0 Å². The Morgan fingerprint density at radius 1 is 1.00 bits per heavy atom. The van der Waals surface area contributed by atoms with Crippen molar-refractivity contribution < 1.29 is 0 Å². The summed E-state index contributed by atoms with van der Waals surface area (Å²) in [4.78, 5) is 0. The highest BCUT2D eigenvalue weighted by Gasteiger charge is 2.09. The van der Waals surface area contributed by atoms with Gasteiger partial charge in [-0.2, -0.15) is 0 Å². The summed E-state index contributed by atoms with van der Waals surface area (Å²) in [6.45, 7) is 13.5. The van der Waals surface area contributed by atoms with Crippen molar-refractivity contribution in [2.24, 2.45) is 11.8 Å². The number of nitrogens with one attached hydrogen (secondary N) is 1. The van der Waals surface area contributed by atoms with Gasteiger partial charge in [-0.15, -0.1) is 0 Å². The largest absolute Gasteiger partial charge is 0.316 e. The minimum Gasteiger partial charge on any atom is -0.316 e. The molecular weight excluding hydrogens is 230 g/mol. The van der Waals surface area contributed by atoms with E-state index < -0.39 is 0 Å². The van der Waals surface area contributed by atoms with Crippen molar-refractivity contribution in [2.45, 2.75) is 53.9 Å². The zero-order chi connectivity index (χ0) is 14.3. The van der Waals surface area contributed by atoms with Crippen LogP contribution < -0.4 is 5.32 Å². The van der Waals surface area contributed by atoms with E-state index in [2.05, 4.69) is 58.1 Å². The predicted molar refractivity (Wildman–Crippen MR) is 85.7 cm³/mol. The highest BCUT2D eigenvalue weighted by molar-refractivity contribution is 5.28. The molecule has 0 spiro atoms. The Morgan fingerprint density at radius 3 is 2.16 bits per heavy atom. The summed E-state index contributed by atoms with van der Waals surface area (Å²) in [5.74, 6) is 1.51. The summed E-state index contributed by atoms with van der Waals surface area (Å²) in [6, 6.07) is 6.95. The Morgan fingerprint density at radius 2 is 1.63 bits per heavy atom. The molecule has 1 rings (SSSR count). The van der Waals surface area contributed by atoms with Gasteiger partial charge in [0.2, 0.25) is 0 Å². The lowest BCUT2D eigenvalue weighted by Crippen LogP contribution is -2.27. The highest BCUT2D eigenvalue weighted by atomic mass is 14.9. The molecule has 0 heterocycles. The van der Waals surface area contributed by atoms with Crippen LogP contribution in [-0.2, 0) is 6.42 Å². The topological polar surface area (TPSA) is 12.0 Å². The standard InChI is InChI=1S/C18H31N/c1-6-7-17(13-19-12-14(2)3)11-18-9-15(4)8-16(5)10-18/h8-10,14,17,19H,6-7,11-13H2,1-5H3. The van der Waals surface area contributed by atoms with Crippen molar-refractivity contribution in [3.8, 4) is 0 Å². The summed E-state index contributed by atoms with van der Waals surface area (Å²) in [5.41, 5.74) is 4.28. The minimum absolute atomic E-state index is 0.739. The summed E-state index contributed by atoms with van der Waals surface area (Å²) >= 11 is 0. The number of rotatable bonds is 8. The molecule has 0 bridgehead atoms. The van der Waals surface area contributed by atoms with E-state index in [1.54, 1.807) is 0 Å². The minimum atomic E-state index is 0.739. The van der Waals surface area contributed by atoms with Crippen LogP contribution in [-0.4, -0.2) is 13.1 Å². The highest BCUT2D eigenvalue weighted by Crippen LogP contribution is 2.16. The van der Waals surface area contributed by atoms with Crippen molar-refractivity contribution in [1.82, 2.24) is 5.32 Å². The van der Waals surface area contributed by atoms with Crippen LogP contribution in [0.15, 0.2) is 18.2 Å². The Kier molecular flexibility index (Phi) is 7.15. The van der Waals surface area contributed by atoms with Crippen LogP contribution >= 0.6 is 0 Å². The summed E-state index contributed by atoms with van der Waals surface area (Å²) in [5, 5.41) is 3.62. The molecule has 1 unspecified atom stereocenters. The van der Waals surface area contributed by atoms with E-state index in [9.17, 15) is 0 Å². The Balaban J connectivity index is 2.56. The van der Waals surface area contributed by atoms with Crippen LogP contribution in [0.4, 0.5) is 0 Å². The van der Waals surface area contributed by atoms with Gasteiger partial charge in [-0.25, -0.2) is 0 Å². The second kappa shape index (κ2) is 8.37. The average molecular weight is 261 g/mol. The van der Waals surface area contributed by atoms with Gasteiger partial charge in [0.1, 0.15) is 0 Å². The SMILES string of the molecule is CCCC(CNCC(C)C)Cc1cc(C)cc(C)c1. The monoisotopic (exact) mass is 261 g/mol. The molecule has 0 aliphatic heterocycles. The summed E-state index contributed by atoms with van der Waals surface area (Å²) < 4.78 is 0. The first-order valence-corrected chi connectivity index (χ1v) is 7.79. The quantitative estimate of drug-likeness (QED) is 0.726. The molecule has 1 N–H and O–H groups in total. The first-order valence-electron chi connectivity index (χ1n) is 7.79. The van der Waals surface area contributed by atoms with Crippen molar-refractivity contribution in [3.63, 3.8) is 0 Å². The second-order valence-electron chi connectivity index (χ2n) is 6.41. The van der Waals surface area contributed by atoms with E-state index in [1.807, 2.05) is 0 Å². The number of benzene rings is 1. The van der Waals surface area contributed by atoms with E-state index >= 15 is 0 Å². The normalized spacial score (nSPS) is 12.9. The van der Waals surface area contributed by atoms with Crippen molar-refractivity contribution in [2.75, 3.05) is 13.1 Å². The molecule has 0 saturated carbocycles. The zero-order valence-corrected chi connectivity index (χ0v) is 13.4. The molecule has 0 aromatic heterocycles. The van der Waals surface area contributed by atoms with Crippen LogP contribution in [0.5, 0.6) is 0 Å². The molecule has 0 aliphatic rings. The van der Waals surface area contributed by atoms with Crippen LogP contribution in [0.1, 0.15) is 50.3 Å². The molecule has 0 saturated heterocycles. The van der Waals surface area contributed by atoms with Crippen LogP contribution in [0.2, 0.25) is 0 Å². The third-order valence-electron chi connectivity index (χ3n) is 3.49. The molecule has 1 nitrogen and oxygen atoms in total. The maximum atomic E-state index is 3.62. The van der Waals surface area contributed by atoms with Gasteiger partial charge in [0.05, 0.1) is 0 Å². The second-order valence-corrected chi connectivity index (χ2v) is 6.41. The smallest absolute Gasteiger partial charge is 0.00172 e. The first-order chi connectivity index (χ1) is 9.01. The Hall–Kier alpha value is -0.820. The molecule has 1 atom stereocenters. The molecule has 19 heavy (non-hydrogen) atoms. The fourth-order valence-electron chi connectivity index (χ4n) is 2.78. The van der Waals surface area contributed by atoms with Gasteiger partial charge in [-0.3, -0.25) is 0 Å². The molecular formula is C18H31N. The predicted octanol–water partition coefficient (Wildman–Crippen LogP) is 4.51. The van der Waals surface area contributed by atoms with Crippen LogP contribution in [0.3, 0.4) is 0 Å². The fourth-order valence-corrected chi connectivity index (χ4v) is 2.78. The van der Waals surface area contributed by atoms with Crippen molar-refractivity contribution >= 4 is 0 Å². The summed E-state index contributed by atoms with van der Waals surface area (Å²) in [6.07, 6.45) is 3.80. The van der Waals surface area contributed by atoms with Crippen LogP contribution in [0, 0.1) is 25.7 Å². The van der Waals surface area contributed by atoms with Gasteiger partial charge >= 0.3 is 0 Å². The fraction of sp³-hybridized carbons (Fsp3) is 0.667. The van der Waals surface area contributed by atoms with E-state index in [-0.39, 0.29) is 0 Å². The summed E-state index contributed by atoms with van der Waals surface area (Å²) in [7, 11) is 0. The molecule has 1 heteroatoms. The molecule has 0 amide bonds. The maximum absolute atomic E-state index is 3.62. The van der Waals surface area contributed by atoms with Gasteiger partial charge < -0.3 is 5.32 Å². The third kappa shape index (κ3) is 6.77. The number of aryl methyl sites for hydroxylation is 2. The molecule has 1 aromatic rings.